The number of benzene rings is 1. The van der Waals surface area contributed by atoms with Crippen molar-refractivity contribution in [2.75, 3.05) is 18.1 Å². The van der Waals surface area contributed by atoms with E-state index in [0.29, 0.717) is 18.1 Å². The first-order valence-corrected chi connectivity index (χ1v) is 12.3. The highest BCUT2D eigenvalue weighted by molar-refractivity contribution is 7.91. The van der Waals surface area contributed by atoms with Gasteiger partial charge in [-0.05, 0) is 42.4 Å². The lowest BCUT2D eigenvalue weighted by Crippen LogP contribution is -2.32. The number of halogens is 1. The summed E-state index contributed by atoms with van der Waals surface area (Å²) in [5.74, 6) is -1.34. The SMILES string of the molecule is C[C@@H](CS(=O)(=O)CCC(=O)N1Cn2c(=O)[nH]c(=O)n2C1)c1ccc(F)c(OCC2CC2)c1. The molecule has 1 atom stereocenters. The molecule has 1 aromatic carbocycles. The molecule has 2 heterocycles. The third-order valence-corrected chi connectivity index (χ3v) is 7.60. The number of aromatic nitrogens is 3. The van der Waals surface area contributed by atoms with Gasteiger partial charge in [0.05, 0.1) is 18.1 Å². The van der Waals surface area contributed by atoms with E-state index in [2.05, 4.69) is 4.98 Å². The molecule has 1 saturated carbocycles. The minimum Gasteiger partial charge on any atom is -0.490 e. The molecule has 0 saturated heterocycles. The maximum atomic E-state index is 14.0. The molecule has 32 heavy (non-hydrogen) atoms. The fourth-order valence-electron chi connectivity index (χ4n) is 3.64. The van der Waals surface area contributed by atoms with Gasteiger partial charge in [0.1, 0.15) is 13.3 Å². The summed E-state index contributed by atoms with van der Waals surface area (Å²) in [7, 11) is -3.59. The number of carbonyl (C=O) groups is 1. The van der Waals surface area contributed by atoms with Crippen molar-refractivity contribution in [1.82, 2.24) is 19.2 Å². The zero-order valence-corrected chi connectivity index (χ0v) is 18.4. The van der Waals surface area contributed by atoms with Gasteiger partial charge >= 0.3 is 11.4 Å². The molecular formula is C20H25FN4O6S. The Hall–Kier alpha value is -2.89. The van der Waals surface area contributed by atoms with E-state index < -0.39 is 38.9 Å². The lowest BCUT2D eigenvalue weighted by molar-refractivity contribution is -0.132. The van der Waals surface area contributed by atoms with Gasteiger partial charge < -0.3 is 9.64 Å². The summed E-state index contributed by atoms with van der Waals surface area (Å²) in [5.41, 5.74) is -0.595. The molecule has 2 aromatic rings. The van der Waals surface area contributed by atoms with Crippen molar-refractivity contribution in [3.63, 3.8) is 0 Å². The van der Waals surface area contributed by atoms with Crippen LogP contribution >= 0.6 is 0 Å². The number of nitrogens with zero attached hydrogens (tertiary/aromatic N) is 3. The van der Waals surface area contributed by atoms with E-state index in [0.717, 1.165) is 22.2 Å². The second-order valence-electron chi connectivity index (χ2n) is 8.46. The van der Waals surface area contributed by atoms with Crippen LogP contribution in [0.15, 0.2) is 27.8 Å². The van der Waals surface area contributed by atoms with Gasteiger partial charge in [-0.15, -0.1) is 0 Å². The maximum Gasteiger partial charge on any atom is 0.346 e. The molecule has 1 amide bonds. The van der Waals surface area contributed by atoms with E-state index in [1.165, 1.54) is 17.0 Å². The van der Waals surface area contributed by atoms with Crippen LogP contribution in [-0.2, 0) is 28.0 Å². The Kier molecular flexibility index (Phi) is 5.97. The summed E-state index contributed by atoms with van der Waals surface area (Å²) >= 11 is 0. The highest BCUT2D eigenvalue weighted by Crippen LogP contribution is 2.31. The predicted molar refractivity (Wildman–Crippen MR) is 112 cm³/mol. The number of H-pyrrole nitrogens is 1. The van der Waals surface area contributed by atoms with E-state index in [4.69, 9.17) is 4.74 Å². The second kappa shape index (κ2) is 8.57. The number of fused-ring (bicyclic) bond motifs is 1. The molecule has 1 aliphatic carbocycles. The number of hydrogen-bond donors (Lipinski definition) is 1. The van der Waals surface area contributed by atoms with Crippen LogP contribution in [0.1, 0.15) is 37.7 Å². The van der Waals surface area contributed by atoms with E-state index in [-0.39, 0.29) is 37.0 Å². The van der Waals surface area contributed by atoms with Gasteiger partial charge in [0.15, 0.2) is 21.4 Å². The standard InChI is InChI=1S/C20H25FN4O6S/c1-13(15-4-5-16(21)17(8-15)31-9-14-2-3-14)10-32(29,30)7-6-18(26)23-11-24-19(27)22-20(28)25(24)12-23/h4-5,8,13-14H,2-3,6-7,9-12H2,1H3,(H,22,27,28)/t13-/m0/s1. The normalized spacial score (nSPS) is 16.8. The van der Waals surface area contributed by atoms with Gasteiger partial charge in [-0.25, -0.2) is 31.8 Å². The summed E-state index contributed by atoms with van der Waals surface area (Å²) in [6.45, 7) is 1.97. The average Bonchev–Trinajstić information content (AvgIpc) is 3.38. The van der Waals surface area contributed by atoms with Crippen molar-refractivity contribution in [3.05, 3.63) is 50.5 Å². The van der Waals surface area contributed by atoms with E-state index in [1.807, 2.05) is 0 Å². The topological polar surface area (TPSA) is 123 Å². The summed E-state index contributed by atoms with van der Waals surface area (Å²) in [4.78, 5) is 39.0. The van der Waals surface area contributed by atoms with Gasteiger partial charge in [-0.1, -0.05) is 13.0 Å². The molecule has 1 fully saturated rings. The average molecular weight is 469 g/mol. The Bertz CT molecular complexity index is 1210. The zero-order valence-electron chi connectivity index (χ0n) is 17.6. The summed E-state index contributed by atoms with van der Waals surface area (Å²) in [6, 6.07) is 4.35. The Morgan fingerprint density at radius 2 is 1.88 bits per heavy atom. The number of ether oxygens (including phenoxy) is 1. The van der Waals surface area contributed by atoms with Crippen LogP contribution in [0.5, 0.6) is 5.75 Å². The van der Waals surface area contributed by atoms with Gasteiger partial charge in [0, 0.05) is 6.42 Å². The molecule has 10 nitrogen and oxygen atoms in total. The van der Waals surface area contributed by atoms with Crippen molar-refractivity contribution in [3.8, 4) is 5.75 Å². The molecule has 0 spiro atoms. The maximum absolute atomic E-state index is 14.0. The quantitative estimate of drug-likeness (QED) is 0.576. The first-order valence-electron chi connectivity index (χ1n) is 10.4. The largest absolute Gasteiger partial charge is 0.490 e. The monoisotopic (exact) mass is 468 g/mol. The Morgan fingerprint density at radius 1 is 1.22 bits per heavy atom. The number of nitrogens with one attached hydrogen (secondary N) is 1. The fourth-order valence-corrected chi connectivity index (χ4v) is 5.24. The lowest BCUT2D eigenvalue weighted by Gasteiger charge is -2.16. The first-order chi connectivity index (χ1) is 15.1. The van der Waals surface area contributed by atoms with Crippen molar-refractivity contribution in [2.45, 2.75) is 45.4 Å². The molecule has 174 valence electrons. The number of aromatic amines is 1. The minimum atomic E-state index is -3.59. The van der Waals surface area contributed by atoms with Gasteiger partial charge in [0.2, 0.25) is 5.91 Å². The van der Waals surface area contributed by atoms with Crippen LogP contribution in [0, 0.1) is 11.7 Å². The van der Waals surface area contributed by atoms with Gasteiger partial charge in [0.25, 0.3) is 0 Å². The van der Waals surface area contributed by atoms with Crippen molar-refractivity contribution in [1.29, 1.82) is 0 Å². The number of sulfone groups is 1. The second-order valence-corrected chi connectivity index (χ2v) is 10.7. The first kappa shape index (κ1) is 22.3. The molecule has 12 heteroatoms. The van der Waals surface area contributed by atoms with Crippen LogP contribution in [0.2, 0.25) is 0 Å². The molecule has 0 radical (unpaired) electrons. The smallest absolute Gasteiger partial charge is 0.346 e. The van der Waals surface area contributed by atoms with Crippen LogP contribution in [-0.4, -0.2) is 51.7 Å². The minimum absolute atomic E-state index is 0.105. The van der Waals surface area contributed by atoms with Gasteiger partial charge in [-0.3, -0.25) is 9.78 Å². The number of carbonyl (C=O) groups excluding carboxylic acids is 1. The van der Waals surface area contributed by atoms with Crippen LogP contribution in [0.25, 0.3) is 0 Å². The Labute approximate surface area is 183 Å². The van der Waals surface area contributed by atoms with Crippen LogP contribution in [0.3, 0.4) is 0 Å². The third kappa shape index (κ3) is 4.95. The molecule has 0 unspecified atom stereocenters. The molecule has 4 rings (SSSR count). The zero-order chi connectivity index (χ0) is 23.0. The van der Waals surface area contributed by atoms with Crippen molar-refractivity contribution in [2.24, 2.45) is 5.92 Å². The molecule has 1 aromatic heterocycles. The molecular weight excluding hydrogens is 443 g/mol. The van der Waals surface area contributed by atoms with Crippen LogP contribution < -0.4 is 16.1 Å². The highest BCUT2D eigenvalue weighted by Gasteiger charge is 2.28. The Balaban J connectivity index is 1.32. The Morgan fingerprint density at radius 3 is 2.50 bits per heavy atom. The molecule has 2 aliphatic rings. The predicted octanol–water partition coefficient (Wildman–Crippen LogP) is 0.632. The number of amides is 1. The number of rotatable bonds is 9. The summed E-state index contributed by atoms with van der Waals surface area (Å²) < 4.78 is 46.9. The highest BCUT2D eigenvalue weighted by atomic mass is 32.2. The van der Waals surface area contributed by atoms with Gasteiger partial charge in [-0.2, -0.15) is 0 Å². The van der Waals surface area contributed by atoms with Crippen molar-refractivity contribution < 1.29 is 22.3 Å². The number of hydrogen-bond acceptors (Lipinski definition) is 6. The fraction of sp³-hybridized carbons (Fsp3) is 0.550. The molecule has 0 bridgehead atoms. The van der Waals surface area contributed by atoms with Crippen LogP contribution in [0.4, 0.5) is 4.39 Å². The van der Waals surface area contributed by atoms with E-state index in [1.54, 1.807) is 13.0 Å². The lowest BCUT2D eigenvalue weighted by atomic mass is 10.0. The molecule has 1 N–H and O–H groups in total. The summed E-state index contributed by atoms with van der Waals surface area (Å²) in [6.07, 6.45) is 1.89. The van der Waals surface area contributed by atoms with Crippen molar-refractivity contribution >= 4 is 15.7 Å². The molecule has 1 aliphatic heterocycles. The van der Waals surface area contributed by atoms with E-state index >= 15 is 0 Å². The third-order valence-electron chi connectivity index (χ3n) is 5.76. The summed E-state index contributed by atoms with van der Waals surface area (Å²) in [5, 5.41) is 0. The van der Waals surface area contributed by atoms with E-state index in [9.17, 15) is 27.2 Å².